The fraction of sp³-hybridized carbons (Fsp3) is 0.143. The molecule has 0 aliphatic carbocycles. The van der Waals surface area contributed by atoms with Gasteiger partial charge in [0, 0.05) is 6.92 Å². The van der Waals surface area contributed by atoms with Crippen LogP contribution in [0.25, 0.3) is 0 Å². The maximum Gasteiger partial charge on any atom is 0.222 e. The van der Waals surface area contributed by atoms with Gasteiger partial charge in [0.2, 0.25) is 5.91 Å². The molecule has 0 radical (unpaired) electrons. The highest BCUT2D eigenvalue weighted by molar-refractivity contribution is 9.10. The van der Waals surface area contributed by atoms with E-state index in [1.165, 1.54) is 18.3 Å². The van der Waals surface area contributed by atoms with Gasteiger partial charge in [0.25, 0.3) is 0 Å². The molecule has 1 rings (SSSR count). The lowest BCUT2D eigenvalue weighted by Crippen LogP contribution is -2.31. The lowest BCUT2D eigenvalue weighted by molar-refractivity contribution is -0.117. The van der Waals surface area contributed by atoms with Crippen molar-refractivity contribution in [2.45, 2.75) is 6.92 Å². The third kappa shape index (κ3) is 3.41. The third-order valence-electron chi connectivity index (χ3n) is 1.13. The van der Waals surface area contributed by atoms with Crippen molar-refractivity contribution >= 4 is 55.5 Å². The van der Waals surface area contributed by atoms with Crippen molar-refractivity contribution in [3.8, 4) is 0 Å². The Labute approximate surface area is 93.7 Å². The number of hydrogen-bond acceptors (Lipinski definition) is 3. The van der Waals surface area contributed by atoms with Crippen molar-refractivity contribution < 1.29 is 4.79 Å². The summed E-state index contributed by atoms with van der Waals surface area (Å²) in [6, 6.07) is 1.91. The van der Waals surface area contributed by atoms with E-state index in [2.05, 4.69) is 26.6 Å². The molecule has 6 heteroatoms. The molecule has 0 saturated carbocycles. The lowest BCUT2D eigenvalue weighted by Gasteiger charge is -2.05. The van der Waals surface area contributed by atoms with Crippen molar-refractivity contribution in [3.63, 3.8) is 0 Å². The van der Waals surface area contributed by atoms with Crippen LogP contribution in [-0.2, 0) is 4.79 Å². The summed E-state index contributed by atoms with van der Waals surface area (Å²) in [5.74, 6) is -0.176. The molecule has 2 N–H and O–H groups in total. The van der Waals surface area contributed by atoms with Gasteiger partial charge < -0.3 is 10.6 Å². The summed E-state index contributed by atoms with van der Waals surface area (Å²) < 4.78 is 0.935. The highest BCUT2D eigenvalue weighted by Crippen LogP contribution is 2.27. The van der Waals surface area contributed by atoms with Gasteiger partial charge in [-0.2, -0.15) is 0 Å². The maximum absolute atomic E-state index is 10.6. The topological polar surface area (TPSA) is 41.1 Å². The molecule has 1 heterocycles. The molecular formula is C7H7BrN2OS2. The van der Waals surface area contributed by atoms with E-state index in [4.69, 9.17) is 12.2 Å². The smallest absolute Gasteiger partial charge is 0.222 e. The standard InChI is InChI=1S/C7H7BrN2OS2/c1-4(11)9-7(12)10-6-5(8)2-3-13-6/h2-3H,1H3,(H2,9,10,11,12). The summed E-state index contributed by atoms with van der Waals surface area (Å²) in [6.07, 6.45) is 0. The second kappa shape index (κ2) is 4.69. The zero-order valence-electron chi connectivity index (χ0n) is 6.76. The van der Waals surface area contributed by atoms with E-state index in [1.807, 2.05) is 11.4 Å². The lowest BCUT2D eigenvalue weighted by atomic mass is 10.6. The molecule has 0 saturated heterocycles. The number of halogens is 1. The van der Waals surface area contributed by atoms with Crippen molar-refractivity contribution in [1.82, 2.24) is 5.32 Å². The Morgan fingerprint density at radius 1 is 1.69 bits per heavy atom. The first kappa shape index (κ1) is 10.6. The Morgan fingerprint density at radius 2 is 2.38 bits per heavy atom. The average Bonchev–Trinajstić information content (AvgIpc) is 2.34. The number of rotatable bonds is 1. The molecule has 0 spiro atoms. The normalized spacial score (nSPS) is 9.38. The van der Waals surface area contributed by atoms with E-state index >= 15 is 0 Å². The van der Waals surface area contributed by atoms with Crippen LogP contribution in [0.3, 0.4) is 0 Å². The van der Waals surface area contributed by atoms with Crippen molar-refractivity contribution in [2.75, 3.05) is 5.32 Å². The van der Waals surface area contributed by atoms with E-state index in [9.17, 15) is 4.79 Å². The van der Waals surface area contributed by atoms with Gasteiger partial charge in [-0.05, 0) is 39.6 Å². The van der Waals surface area contributed by atoms with Crippen LogP contribution in [0.2, 0.25) is 0 Å². The summed E-state index contributed by atoms with van der Waals surface area (Å²) in [6.45, 7) is 1.41. The summed E-state index contributed by atoms with van der Waals surface area (Å²) in [7, 11) is 0. The third-order valence-corrected chi connectivity index (χ3v) is 3.09. The molecule has 1 aromatic rings. The van der Waals surface area contributed by atoms with Gasteiger partial charge >= 0.3 is 0 Å². The Kier molecular flexibility index (Phi) is 3.83. The highest BCUT2D eigenvalue weighted by atomic mass is 79.9. The van der Waals surface area contributed by atoms with E-state index < -0.39 is 0 Å². The fourth-order valence-electron chi connectivity index (χ4n) is 0.677. The summed E-state index contributed by atoms with van der Waals surface area (Å²) in [5, 5.41) is 8.49. The van der Waals surface area contributed by atoms with E-state index in [0.717, 1.165) is 9.47 Å². The van der Waals surface area contributed by atoms with Gasteiger partial charge in [0.05, 0.1) is 4.47 Å². The van der Waals surface area contributed by atoms with Gasteiger partial charge in [-0.1, -0.05) is 0 Å². The maximum atomic E-state index is 10.6. The van der Waals surface area contributed by atoms with Gasteiger partial charge in [0.1, 0.15) is 5.00 Å². The number of thiophene rings is 1. The number of carbonyl (C=O) groups is 1. The Balaban J connectivity index is 2.55. The quantitative estimate of drug-likeness (QED) is 0.775. The van der Waals surface area contributed by atoms with Crippen molar-refractivity contribution in [1.29, 1.82) is 0 Å². The largest absolute Gasteiger partial charge is 0.323 e. The summed E-state index contributed by atoms with van der Waals surface area (Å²) in [5.41, 5.74) is 0. The molecule has 0 atom stereocenters. The molecule has 0 aromatic carbocycles. The molecule has 13 heavy (non-hydrogen) atoms. The highest BCUT2D eigenvalue weighted by Gasteiger charge is 2.03. The van der Waals surface area contributed by atoms with E-state index in [1.54, 1.807) is 0 Å². The van der Waals surface area contributed by atoms with Crippen molar-refractivity contribution in [3.05, 3.63) is 15.9 Å². The van der Waals surface area contributed by atoms with Crippen LogP contribution in [0.5, 0.6) is 0 Å². The van der Waals surface area contributed by atoms with E-state index in [0.29, 0.717) is 5.11 Å². The van der Waals surface area contributed by atoms with Gasteiger partial charge in [0.15, 0.2) is 5.11 Å². The summed E-state index contributed by atoms with van der Waals surface area (Å²) >= 11 is 9.73. The minimum Gasteiger partial charge on any atom is -0.323 e. The minimum absolute atomic E-state index is 0.176. The molecule has 70 valence electrons. The molecule has 0 unspecified atom stereocenters. The van der Waals surface area contributed by atoms with E-state index in [-0.39, 0.29) is 5.91 Å². The molecule has 0 aliphatic rings. The van der Waals surface area contributed by atoms with Crippen LogP contribution in [-0.4, -0.2) is 11.0 Å². The molecule has 1 aromatic heterocycles. The second-order valence-electron chi connectivity index (χ2n) is 2.23. The first-order valence-corrected chi connectivity index (χ1v) is 5.49. The SMILES string of the molecule is CC(=O)NC(=S)Nc1sccc1Br. The molecule has 3 nitrogen and oxygen atoms in total. The number of anilines is 1. The average molecular weight is 279 g/mol. The van der Waals surface area contributed by atoms with Crippen LogP contribution in [0.15, 0.2) is 15.9 Å². The summed E-state index contributed by atoms with van der Waals surface area (Å²) in [4.78, 5) is 10.6. The van der Waals surface area contributed by atoms with Crippen LogP contribution in [0.1, 0.15) is 6.92 Å². The number of amides is 1. The molecule has 0 aliphatic heterocycles. The first-order chi connectivity index (χ1) is 6.09. The second-order valence-corrected chi connectivity index (χ2v) is 4.41. The minimum atomic E-state index is -0.176. The van der Waals surface area contributed by atoms with Crippen molar-refractivity contribution in [2.24, 2.45) is 0 Å². The Bertz CT molecular complexity index is 337. The zero-order valence-corrected chi connectivity index (χ0v) is 9.98. The predicted octanol–water partition coefficient (Wildman–Crippen LogP) is 2.34. The number of hydrogen-bond donors (Lipinski definition) is 2. The zero-order chi connectivity index (χ0) is 9.84. The number of thiocarbonyl (C=S) groups is 1. The molecular weight excluding hydrogens is 272 g/mol. The molecule has 0 bridgehead atoms. The number of nitrogens with one attached hydrogen (secondary N) is 2. The molecule has 0 fully saturated rings. The Hall–Kier alpha value is -0.460. The van der Waals surface area contributed by atoms with Gasteiger partial charge in [-0.25, -0.2) is 0 Å². The van der Waals surface area contributed by atoms with Crippen LogP contribution >= 0.6 is 39.5 Å². The fourth-order valence-corrected chi connectivity index (χ4v) is 2.36. The first-order valence-electron chi connectivity index (χ1n) is 3.41. The Morgan fingerprint density at radius 3 is 2.85 bits per heavy atom. The number of carbonyl (C=O) groups excluding carboxylic acids is 1. The van der Waals surface area contributed by atoms with Gasteiger partial charge in [-0.3, -0.25) is 4.79 Å². The predicted molar refractivity (Wildman–Crippen MR) is 62.1 cm³/mol. The molecule has 1 amide bonds. The van der Waals surface area contributed by atoms with Gasteiger partial charge in [-0.15, -0.1) is 11.3 Å². The van der Waals surface area contributed by atoms with Crippen LogP contribution in [0.4, 0.5) is 5.00 Å². The monoisotopic (exact) mass is 278 g/mol. The van der Waals surface area contributed by atoms with Crippen LogP contribution in [0, 0.1) is 0 Å². The van der Waals surface area contributed by atoms with Crippen LogP contribution < -0.4 is 10.6 Å².